The number of nitrogens with zero attached hydrogens (tertiary/aromatic N) is 2. The number of aromatic nitrogens is 1. The molecule has 0 saturated heterocycles. The number of thiazole rings is 1. The summed E-state index contributed by atoms with van der Waals surface area (Å²) < 4.78 is 0. The molecule has 2 aromatic rings. The molecule has 1 aliphatic rings. The number of carbonyl (C=O) groups excluding carboxylic acids is 3. The molecular formula is C21H26N4O3S. The number of fused-ring (bicyclic) bond motifs is 1. The molecule has 0 spiro atoms. The Morgan fingerprint density at radius 3 is 2.55 bits per heavy atom. The first-order valence-corrected chi connectivity index (χ1v) is 10.5. The highest BCUT2D eigenvalue weighted by Crippen LogP contribution is 2.29. The van der Waals surface area contributed by atoms with E-state index < -0.39 is 0 Å². The van der Waals surface area contributed by atoms with Crippen molar-refractivity contribution in [3.63, 3.8) is 0 Å². The normalized spacial score (nSPS) is 13.2. The molecule has 2 N–H and O–H groups in total. The van der Waals surface area contributed by atoms with Gasteiger partial charge >= 0.3 is 0 Å². The molecule has 1 aromatic heterocycles. The second-order valence-electron chi connectivity index (χ2n) is 7.66. The monoisotopic (exact) mass is 414 g/mol. The highest BCUT2D eigenvalue weighted by molar-refractivity contribution is 7.15. The molecule has 3 amide bonds. The van der Waals surface area contributed by atoms with E-state index >= 15 is 0 Å². The largest absolute Gasteiger partial charge is 0.337 e. The number of nitrogens with one attached hydrogen (secondary N) is 2. The lowest BCUT2D eigenvalue weighted by Crippen LogP contribution is -2.36. The number of rotatable bonds is 6. The Morgan fingerprint density at radius 2 is 1.90 bits per heavy atom. The van der Waals surface area contributed by atoms with Crippen molar-refractivity contribution in [3.8, 4) is 0 Å². The standard InChI is InChI=1S/C21H26N4O3S/c1-13(2)10-20(28)25-9-8-17-18(12-25)29-21(23-17)24-19(27)11-15-4-6-16(7-5-15)22-14(3)26/h4-7,13H,8-12H2,1-3H3,(H,22,26)(H,23,24,27). The molecule has 0 bridgehead atoms. The Balaban J connectivity index is 1.56. The molecule has 8 heteroatoms. The van der Waals surface area contributed by atoms with Crippen LogP contribution in [0.1, 0.15) is 43.3 Å². The van der Waals surface area contributed by atoms with E-state index in [9.17, 15) is 14.4 Å². The highest BCUT2D eigenvalue weighted by atomic mass is 32.1. The van der Waals surface area contributed by atoms with Gasteiger partial charge in [0.1, 0.15) is 0 Å². The summed E-state index contributed by atoms with van der Waals surface area (Å²) in [6.45, 7) is 6.78. The van der Waals surface area contributed by atoms with Crippen molar-refractivity contribution in [1.82, 2.24) is 9.88 Å². The minimum Gasteiger partial charge on any atom is -0.337 e. The average Bonchev–Trinajstić information content (AvgIpc) is 3.03. The van der Waals surface area contributed by atoms with Crippen molar-refractivity contribution >= 4 is 39.9 Å². The first kappa shape index (κ1) is 21.0. The van der Waals surface area contributed by atoms with E-state index in [1.807, 2.05) is 30.9 Å². The van der Waals surface area contributed by atoms with Crippen LogP contribution >= 0.6 is 11.3 Å². The molecule has 1 aliphatic heterocycles. The van der Waals surface area contributed by atoms with Gasteiger partial charge < -0.3 is 15.5 Å². The number of hydrogen-bond acceptors (Lipinski definition) is 5. The van der Waals surface area contributed by atoms with E-state index in [1.54, 1.807) is 12.1 Å². The van der Waals surface area contributed by atoms with Crippen molar-refractivity contribution in [2.45, 2.75) is 46.6 Å². The number of anilines is 2. The van der Waals surface area contributed by atoms with Crippen LogP contribution < -0.4 is 10.6 Å². The lowest BCUT2D eigenvalue weighted by molar-refractivity contribution is -0.132. The second-order valence-corrected chi connectivity index (χ2v) is 8.74. The first-order valence-electron chi connectivity index (χ1n) is 9.73. The Bertz CT molecular complexity index is 905. The van der Waals surface area contributed by atoms with Gasteiger partial charge in [0.2, 0.25) is 17.7 Å². The predicted octanol–water partition coefficient (Wildman–Crippen LogP) is 3.21. The molecule has 0 atom stereocenters. The molecule has 154 valence electrons. The predicted molar refractivity (Wildman–Crippen MR) is 114 cm³/mol. The lowest BCUT2D eigenvalue weighted by Gasteiger charge is -2.26. The first-order chi connectivity index (χ1) is 13.8. The van der Waals surface area contributed by atoms with Crippen LogP contribution in [0.3, 0.4) is 0 Å². The van der Waals surface area contributed by atoms with Gasteiger partial charge in [0.05, 0.1) is 18.7 Å². The highest BCUT2D eigenvalue weighted by Gasteiger charge is 2.24. The van der Waals surface area contributed by atoms with Crippen molar-refractivity contribution in [2.75, 3.05) is 17.2 Å². The van der Waals surface area contributed by atoms with Crippen molar-refractivity contribution in [1.29, 1.82) is 0 Å². The number of amides is 3. The van der Waals surface area contributed by atoms with Gasteiger partial charge in [-0.25, -0.2) is 4.98 Å². The van der Waals surface area contributed by atoms with Gasteiger partial charge in [0, 0.05) is 36.9 Å². The third-order valence-corrected chi connectivity index (χ3v) is 5.55. The average molecular weight is 415 g/mol. The zero-order chi connectivity index (χ0) is 21.0. The van der Waals surface area contributed by atoms with Gasteiger partial charge in [-0.1, -0.05) is 37.3 Å². The molecule has 0 fully saturated rings. The third kappa shape index (κ3) is 5.87. The molecule has 1 aromatic carbocycles. The van der Waals surface area contributed by atoms with Gasteiger partial charge in [-0.15, -0.1) is 0 Å². The summed E-state index contributed by atoms with van der Waals surface area (Å²) in [5.41, 5.74) is 2.52. The van der Waals surface area contributed by atoms with E-state index in [1.165, 1.54) is 18.3 Å². The third-order valence-electron chi connectivity index (χ3n) is 4.55. The molecule has 2 heterocycles. The smallest absolute Gasteiger partial charge is 0.230 e. The molecule has 0 unspecified atom stereocenters. The molecule has 0 saturated carbocycles. The van der Waals surface area contributed by atoms with E-state index in [-0.39, 0.29) is 24.1 Å². The van der Waals surface area contributed by atoms with Gasteiger partial charge in [-0.2, -0.15) is 0 Å². The van der Waals surface area contributed by atoms with Gasteiger partial charge in [-0.05, 0) is 23.6 Å². The summed E-state index contributed by atoms with van der Waals surface area (Å²) in [5.74, 6) is 0.240. The van der Waals surface area contributed by atoms with E-state index in [2.05, 4.69) is 15.6 Å². The fourth-order valence-electron chi connectivity index (χ4n) is 3.20. The Morgan fingerprint density at radius 1 is 1.17 bits per heavy atom. The van der Waals surface area contributed by atoms with Crippen LogP contribution in [-0.4, -0.2) is 34.2 Å². The maximum Gasteiger partial charge on any atom is 0.230 e. The second kappa shape index (κ2) is 9.17. The molecular weight excluding hydrogens is 388 g/mol. The molecule has 29 heavy (non-hydrogen) atoms. The maximum atomic E-state index is 12.4. The number of benzene rings is 1. The molecule has 0 aliphatic carbocycles. The Labute approximate surface area is 174 Å². The summed E-state index contributed by atoms with van der Waals surface area (Å²) in [5, 5.41) is 6.14. The van der Waals surface area contributed by atoms with Gasteiger partial charge in [0.15, 0.2) is 5.13 Å². The van der Waals surface area contributed by atoms with E-state index in [0.29, 0.717) is 36.2 Å². The maximum absolute atomic E-state index is 12.4. The fraction of sp³-hybridized carbons (Fsp3) is 0.429. The quantitative estimate of drug-likeness (QED) is 0.759. The fourth-order valence-corrected chi connectivity index (χ4v) is 4.24. The van der Waals surface area contributed by atoms with E-state index in [0.717, 1.165) is 22.6 Å². The van der Waals surface area contributed by atoms with Crippen molar-refractivity contribution < 1.29 is 14.4 Å². The van der Waals surface area contributed by atoms with Crippen LogP contribution in [0.5, 0.6) is 0 Å². The molecule has 7 nitrogen and oxygen atoms in total. The van der Waals surface area contributed by atoms with E-state index in [4.69, 9.17) is 0 Å². The van der Waals surface area contributed by atoms with Crippen LogP contribution in [-0.2, 0) is 33.8 Å². The summed E-state index contributed by atoms with van der Waals surface area (Å²) >= 11 is 1.44. The van der Waals surface area contributed by atoms with Crippen LogP contribution in [0, 0.1) is 5.92 Å². The minimum atomic E-state index is -0.142. The summed E-state index contributed by atoms with van der Waals surface area (Å²) in [6, 6.07) is 7.18. The summed E-state index contributed by atoms with van der Waals surface area (Å²) in [4.78, 5) is 43.2. The molecule has 0 radical (unpaired) electrons. The van der Waals surface area contributed by atoms with Gasteiger partial charge in [0.25, 0.3) is 0 Å². The van der Waals surface area contributed by atoms with Crippen LogP contribution in [0.15, 0.2) is 24.3 Å². The van der Waals surface area contributed by atoms with Crippen LogP contribution in [0.2, 0.25) is 0 Å². The number of carbonyl (C=O) groups is 3. The van der Waals surface area contributed by atoms with Crippen molar-refractivity contribution in [3.05, 3.63) is 40.4 Å². The zero-order valence-corrected chi connectivity index (χ0v) is 17.8. The molecule has 3 rings (SSSR count). The summed E-state index contributed by atoms with van der Waals surface area (Å²) in [7, 11) is 0. The lowest BCUT2D eigenvalue weighted by atomic mass is 10.1. The SMILES string of the molecule is CC(=O)Nc1ccc(CC(=O)Nc2nc3c(s2)CN(C(=O)CC(C)C)CC3)cc1. The van der Waals surface area contributed by atoms with Crippen LogP contribution in [0.25, 0.3) is 0 Å². The number of hydrogen-bond donors (Lipinski definition) is 2. The Hall–Kier alpha value is -2.74. The zero-order valence-electron chi connectivity index (χ0n) is 16.9. The Kier molecular flexibility index (Phi) is 6.64. The summed E-state index contributed by atoms with van der Waals surface area (Å²) in [6.07, 6.45) is 1.50. The minimum absolute atomic E-state index is 0.132. The van der Waals surface area contributed by atoms with Crippen molar-refractivity contribution in [2.24, 2.45) is 5.92 Å². The van der Waals surface area contributed by atoms with Gasteiger partial charge in [-0.3, -0.25) is 14.4 Å². The topological polar surface area (TPSA) is 91.4 Å². The van der Waals surface area contributed by atoms with Crippen LogP contribution in [0.4, 0.5) is 10.8 Å².